The standard InChI is InChI=1S/C13H18N2O5/c1-6(2)11-10(7(3)14-20-11)12(17)15-5-8(16)4-9(15)13(18)19/h6,8-9,16H,4-5H2,1-3H3,(H,18,19)/t8-,9-/m1/s1. The molecule has 2 rings (SSSR count). The molecule has 1 saturated heterocycles. The van der Waals surface area contributed by atoms with Crippen LogP contribution in [0.3, 0.4) is 0 Å². The van der Waals surface area contributed by atoms with Crippen molar-refractivity contribution in [1.82, 2.24) is 10.1 Å². The van der Waals surface area contributed by atoms with Gasteiger partial charge in [0.25, 0.3) is 5.91 Å². The van der Waals surface area contributed by atoms with Crippen molar-refractivity contribution in [2.45, 2.75) is 45.3 Å². The van der Waals surface area contributed by atoms with E-state index in [9.17, 15) is 14.7 Å². The van der Waals surface area contributed by atoms with Crippen LogP contribution >= 0.6 is 0 Å². The van der Waals surface area contributed by atoms with E-state index in [4.69, 9.17) is 9.63 Å². The van der Waals surface area contributed by atoms with Crippen molar-refractivity contribution in [3.05, 3.63) is 17.0 Å². The molecule has 1 aromatic rings. The first-order valence-corrected chi connectivity index (χ1v) is 6.51. The Morgan fingerprint density at radius 2 is 2.10 bits per heavy atom. The Morgan fingerprint density at radius 3 is 2.65 bits per heavy atom. The summed E-state index contributed by atoms with van der Waals surface area (Å²) in [5.41, 5.74) is 0.740. The SMILES string of the molecule is Cc1noc(C(C)C)c1C(=O)N1C[C@H](O)C[C@@H]1C(=O)O. The number of aryl methyl sites for hydroxylation is 1. The van der Waals surface area contributed by atoms with E-state index in [2.05, 4.69) is 5.16 Å². The van der Waals surface area contributed by atoms with Gasteiger partial charge in [0.2, 0.25) is 0 Å². The molecule has 1 amide bonds. The zero-order valence-electron chi connectivity index (χ0n) is 11.7. The number of aliphatic carboxylic acids is 1. The number of hydrogen-bond donors (Lipinski definition) is 2. The molecule has 0 saturated carbocycles. The summed E-state index contributed by atoms with van der Waals surface area (Å²) in [6, 6.07) is -1.01. The summed E-state index contributed by atoms with van der Waals surface area (Å²) in [4.78, 5) is 24.9. The summed E-state index contributed by atoms with van der Waals surface area (Å²) in [5, 5.41) is 22.6. The third kappa shape index (κ3) is 2.40. The minimum absolute atomic E-state index is 0.0119. The molecule has 2 atom stereocenters. The molecule has 0 radical (unpaired) electrons. The smallest absolute Gasteiger partial charge is 0.326 e. The van der Waals surface area contributed by atoms with E-state index in [0.717, 1.165) is 0 Å². The van der Waals surface area contributed by atoms with Crippen LogP contribution in [0.1, 0.15) is 48.0 Å². The molecule has 1 aromatic heterocycles. The van der Waals surface area contributed by atoms with Gasteiger partial charge in [-0.05, 0) is 6.92 Å². The number of carbonyl (C=O) groups excluding carboxylic acids is 1. The van der Waals surface area contributed by atoms with Gasteiger partial charge in [-0.25, -0.2) is 4.79 Å². The lowest BCUT2D eigenvalue weighted by atomic mass is 10.0. The van der Waals surface area contributed by atoms with E-state index in [0.29, 0.717) is 17.0 Å². The van der Waals surface area contributed by atoms with Gasteiger partial charge in [0.15, 0.2) is 5.76 Å². The highest BCUT2D eigenvalue weighted by atomic mass is 16.5. The average Bonchev–Trinajstić information content (AvgIpc) is 2.91. The zero-order chi connectivity index (χ0) is 15.0. The Morgan fingerprint density at radius 1 is 1.45 bits per heavy atom. The van der Waals surface area contributed by atoms with Gasteiger partial charge in [0.1, 0.15) is 11.6 Å². The van der Waals surface area contributed by atoms with Gasteiger partial charge in [-0.1, -0.05) is 19.0 Å². The molecule has 0 spiro atoms. The molecular formula is C13H18N2O5. The van der Waals surface area contributed by atoms with Crippen LogP contribution in [0.4, 0.5) is 0 Å². The lowest BCUT2D eigenvalue weighted by Crippen LogP contribution is -2.41. The molecular weight excluding hydrogens is 264 g/mol. The summed E-state index contributed by atoms with van der Waals surface area (Å²) < 4.78 is 5.15. The van der Waals surface area contributed by atoms with Crippen molar-refractivity contribution in [2.75, 3.05) is 6.54 Å². The minimum atomic E-state index is -1.12. The Balaban J connectivity index is 2.36. The Kier molecular flexibility index (Phi) is 3.80. The first kappa shape index (κ1) is 14.5. The number of nitrogens with zero attached hydrogens (tertiary/aromatic N) is 2. The number of amides is 1. The second-order valence-corrected chi connectivity index (χ2v) is 5.36. The molecule has 20 heavy (non-hydrogen) atoms. The predicted molar refractivity (Wildman–Crippen MR) is 68.4 cm³/mol. The van der Waals surface area contributed by atoms with Gasteiger partial charge in [-0.2, -0.15) is 0 Å². The van der Waals surface area contributed by atoms with Crippen LogP contribution in [0.25, 0.3) is 0 Å². The highest BCUT2D eigenvalue weighted by Crippen LogP contribution is 2.27. The van der Waals surface area contributed by atoms with Gasteiger partial charge in [-0.15, -0.1) is 0 Å². The maximum Gasteiger partial charge on any atom is 0.326 e. The number of rotatable bonds is 3. The number of carboxylic acids is 1. The molecule has 2 heterocycles. The molecule has 0 aliphatic carbocycles. The molecule has 1 fully saturated rings. The maximum atomic E-state index is 12.6. The van der Waals surface area contributed by atoms with Crippen LogP contribution in [0.15, 0.2) is 4.52 Å². The van der Waals surface area contributed by atoms with E-state index < -0.39 is 24.0 Å². The van der Waals surface area contributed by atoms with E-state index in [1.165, 1.54) is 4.90 Å². The normalized spacial score (nSPS) is 22.6. The molecule has 110 valence electrons. The molecule has 0 aromatic carbocycles. The van der Waals surface area contributed by atoms with Gasteiger partial charge >= 0.3 is 5.97 Å². The largest absolute Gasteiger partial charge is 0.480 e. The average molecular weight is 282 g/mol. The number of likely N-dealkylation sites (tertiary alicyclic amines) is 1. The van der Waals surface area contributed by atoms with Crippen molar-refractivity contribution >= 4 is 11.9 Å². The van der Waals surface area contributed by atoms with Gasteiger partial charge in [0.05, 0.1) is 11.8 Å². The van der Waals surface area contributed by atoms with Crippen LogP contribution in [0.2, 0.25) is 0 Å². The molecule has 1 aliphatic heterocycles. The number of carbonyl (C=O) groups is 2. The third-order valence-electron chi connectivity index (χ3n) is 3.45. The second-order valence-electron chi connectivity index (χ2n) is 5.36. The minimum Gasteiger partial charge on any atom is -0.480 e. The van der Waals surface area contributed by atoms with E-state index in [-0.39, 0.29) is 18.9 Å². The number of β-amino-alcohol motifs (C(OH)–C–C–N with tert-alkyl or cyclic N) is 1. The predicted octanol–water partition coefficient (Wildman–Crippen LogP) is 0.766. The first-order chi connectivity index (χ1) is 9.32. The van der Waals surface area contributed by atoms with Crippen LogP contribution in [0.5, 0.6) is 0 Å². The number of aliphatic hydroxyl groups is 1. The Bertz CT molecular complexity index is 537. The van der Waals surface area contributed by atoms with Crippen LogP contribution in [0, 0.1) is 6.92 Å². The number of aromatic nitrogens is 1. The van der Waals surface area contributed by atoms with E-state index in [1.54, 1.807) is 6.92 Å². The monoisotopic (exact) mass is 282 g/mol. The fourth-order valence-corrected chi connectivity index (χ4v) is 2.46. The topological polar surface area (TPSA) is 104 Å². The molecule has 0 unspecified atom stereocenters. The molecule has 7 nitrogen and oxygen atoms in total. The zero-order valence-corrected chi connectivity index (χ0v) is 11.7. The van der Waals surface area contributed by atoms with Crippen molar-refractivity contribution in [3.8, 4) is 0 Å². The summed E-state index contributed by atoms with van der Waals surface area (Å²) in [5.74, 6) is -1.16. The number of hydrogen-bond acceptors (Lipinski definition) is 5. The van der Waals surface area contributed by atoms with Crippen molar-refractivity contribution in [2.24, 2.45) is 0 Å². The Labute approximate surface area is 116 Å². The number of aliphatic hydroxyl groups excluding tert-OH is 1. The first-order valence-electron chi connectivity index (χ1n) is 6.51. The highest BCUT2D eigenvalue weighted by Gasteiger charge is 2.41. The third-order valence-corrected chi connectivity index (χ3v) is 3.45. The summed E-state index contributed by atoms with van der Waals surface area (Å²) >= 11 is 0. The van der Waals surface area contributed by atoms with Crippen LogP contribution < -0.4 is 0 Å². The fraction of sp³-hybridized carbons (Fsp3) is 0.615. The van der Waals surface area contributed by atoms with Crippen LogP contribution in [-0.4, -0.2) is 50.8 Å². The lowest BCUT2D eigenvalue weighted by molar-refractivity contribution is -0.141. The second kappa shape index (κ2) is 5.24. The quantitative estimate of drug-likeness (QED) is 0.848. The summed E-state index contributed by atoms with van der Waals surface area (Å²) in [7, 11) is 0. The summed E-state index contributed by atoms with van der Waals surface area (Å²) in [6.45, 7) is 5.39. The van der Waals surface area contributed by atoms with Crippen LogP contribution in [-0.2, 0) is 4.79 Å². The fourth-order valence-electron chi connectivity index (χ4n) is 2.46. The summed E-state index contributed by atoms with van der Waals surface area (Å²) in [6.07, 6.45) is -0.773. The molecule has 2 N–H and O–H groups in total. The van der Waals surface area contributed by atoms with Crippen molar-refractivity contribution in [3.63, 3.8) is 0 Å². The highest BCUT2D eigenvalue weighted by molar-refractivity contribution is 5.98. The van der Waals surface area contributed by atoms with Gasteiger partial charge < -0.3 is 19.6 Å². The molecule has 0 bridgehead atoms. The maximum absolute atomic E-state index is 12.6. The number of carboxylic acid groups (broad SMARTS) is 1. The lowest BCUT2D eigenvalue weighted by Gasteiger charge is -2.21. The Hall–Kier alpha value is -1.89. The molecule has 1 aliphatic rings. The van der Waals surface area contributed by atoms with Gasteiger partial charge in [-0.3, -0.25) is 4.79 Å². The molecule has 7 heteroatoms. The van der Waals surface area contributed by atoms with Gasteiger partial charge in [0, 0.05) is 18.9 Å². The van der Waals surface area contributed by atoms with E-state index >= 15 is 0 Å². The van der Waals surface area contributed by atoms with Crippen molar-refractivity contribution < 1.29 is 24.3 Å². The van der Waals surface area contributed by atoms with Crippen molar-refractivity contribution in [1.29, 1.82) is 0 Å². The van der Waals surface area contributed by atoms with E-state index in [1.807, 2.05) is 13.8 Å².